The van der Waals surface area contributed by atoms with Gasteiger partial charge in [0.1, 0.15) is 17.2 Å². The van der Waals surface area contributed by atoms with Crippen LogP contribution in [0, 0.1) is 13.8 Å². The fourth-order valence-electron chi connectivity index (χ4n) is 1.84. The molecule has 0 atom stereocenters. The van der Waals surface area contributed by atoms with Crippen molar-refractivity contribution in [3.63, 3.8) is 0 Å². The number of nitrogens with two attached hydrogens (primary N) is 1. The summed E-state index contributed by atoms with van der Waals surface area (Å²) in [6.45, 7) is 3.67. The number of anilines is 1. The molecule has 1 aromatic heterocycles. The van der Waals surface area contributed by atoms with E-state index >= 15 is 0 Å². The third kappa shape index (κ3) is 3.08. The number of aromatic carboxylic acids is 1. The van der Waals surface area contributed by atoms with E-state index in [1.54, 1.807) is 18.7 Å². The molecule has 0 saturated heterocycles. The third-order valence-electron chi connectivity index (χ3n) is 2.83. The number of nitrogens with zero attached hydrogens (tertiary/aromatic N) is 2. The van der Waals surface area contributed by atoms with E-state index in [0.29, 0.717) is 17.3 Å². The number of carboxylic acid groups (broad SMARTS) is 1. The van der Waals surface area contributed by atoms with Crippen molar-refractivity contribution in [2.24, 2.45) is 0 Å². The number of hydrogen-bond acceptors (Lipinski definition) is 5. The number of carbonyl (C=O) groups is 1. The highest BCUT2D eigenvalue weighted by Gasteiger charge is 2.15. The van der Waals surface area contributed by atoms with Crippen LogP contribution in [0.4, 0.5) is 5.82 Å². The first-order valence-corrected chi connectivity index (χ1v) is 7.02. The largest absolute Gasteiger partial charge is 0.477 e. The molecule has 0 aliphatic heterocycles. The summed E-state index contributed by atoms with van der Waals surface area (Å²) in [5.74, 6) is 0.0113. The van der Waals surface area contributed by atoms with Crippen LogP contribution in [0.1, 0.15) is 27.4 Å². The Morgan fingerprint density at radius 2 is 2.00 bits per heavy atom. The molecule has 0 bridgehead atoms. The van der Waals surface area contributed by atoms with Crippen LogP contribution in [0.2, 0.25) is 0 Å². The van der Waals surface area contributed by atoms with Gasteiger partial charge in [-0.05, 0) is 25.5 Å². The summed E-state index contributed by atoms with van der Waals surface area (Å²) in [6.07, 6.45) is 0. The van der Waals surface area contributed by atoms with Gasteiger partial charge in [0.2, 0.25) is 0 Å². The van der Waals surface area contributed by atoms with Crippen molar-refractivity contribution < 1.29 is 9.90 Å². The van der Waals surface area contributed by atoms with Gasteiger partial charge in [-0.1, -0.05) is 18.2 Å². The van der Waals surface area contributed by atoms with Gasteiger partial charge in [-0.25, -0.2) is 14.8 Å². The number of carboxylic acids is 1. The summed E-state index contributed by atoms with van der Waals surface area (Å²) in [4.78, 5) is 20.4. The van der Waals surface area contributed by atoms with E-state index in [1.165, 1.54) is 5.56 Å². The van der Waals surface area contributed by atoms with Gasteiger partial charge in [0.15, 0.2) is 0 Å². The van der Waals surface area contributed by atoms with Gasteiger partial charge in [0.25, 0.3) is 0 Å². The van der Waals surface area contributed by atoms with Crippen LogP contribution in [0.15, 0.2) is 29.2 Å². The maximum Gasteiger partial charge on any atom is 0.341 e. The molecular formula is C14H15N3O2S. The molecule has 20 heavy (non-hydrogen) atoms. The number of thioether (sulfide) groups is 1. The number of nitrogen functional groups attached to an aromatic ring is 1. The highest BCUT2D eigenvalue weighted by atomic mass is 32.2. The van der Waals surface area contributed by atoms with Crippen molar-refractivity contribution in [1.29, 1.82) is 0 Å². The molecule has 0 spiro atoms. The van der Waals surface area contributed by atoms with Gasteiger partial charge in [0, 0.05) is 4.90 Å². The van der Waals surface area contributed by atoms with Crippen LogP contribution in [0.3, 0.4) is 0 Å². The monoisotopic (exact) mass is 289 g/mol. The zero-order valence-corrected chi connectivity index (χ0v) is 12.1. The quantitative estimate of drug-likeness (QED) is 0.841. The molecule has 0 saturated carbocycles. The first kappa shape index (κ1) is 14.3. The number of aromatic nitrogens is 2. The highest BCUT2D eigenvalue weighted by Crippen LogP contribution is 2.25. The van der Waals surface area contributed by atoms with Crippen molar-refractivity contribution >= 4 is 23.5 Å². The SMILES string of the molecule is Cc1ccccc1SCc1nc(C)c(C(=O)O)c(N)n1. The van der Waals surface area contributed by atoms with Gasteiger partial charge in [0.05, 0.1) is 11.4 Å². The molecule has 104 valence electrons. The Kier molecular flexibility index (Phi) is 4.24. The molecule has 0 aliphatic rings. The predicted molar refractivity (Wildman–Crippen MR) is 78.9 cm³/mol. The fraction of sp³-hybridized carbons (Fsp3) is 0.214. The van der Waals surface area contributed by atoms with E-state index in [1.807, 2.05) is 31.2 Å². The third-order valence-corrected chi connectivity index (χ3v) is 4.00. The van der Waals surface area contributed by atoms with Gasteiger partial charge >= 0.3 is 5.97 Å². The lowest BCUT2D eigenvalue weighted by atomic mass is 10.2. The van der Waals surface area contributed by atoms with Crippen LogP contribution >= 0.6 is 11.8 Å². The summed E-state index contributed by atoms with van der Waals surface area (Å²) in [7, 11) is 0. The maximum absolute atomic E-state index is 11.0. The second-order valence-electron chi connectivity index (χ2n) is 4.34. The van der Waals surface area contributed by atoms with E-state index in [2.05, 4.69) is 9.97 Å². The minimum absolute atomic E-state index is 0.0189. The minimum atomic E-state index is -1.10. The van der Waals surface area contributed by atoms with E-state index < -0.39 is 5.97 Å². The minimum Gasteiger partial charge on any atom is -0.477 e. The van der Waals surface area contributed by atoms with Crippen LogP contribution in [-0.2, 0) is 5.75 Å². The molecule has 0 fully saturated rings. The average Bonchev–Trinajstić information content (AvgIpc) is 2.36. The van der Waals surface area contributed by atoms with Gasteiger partial charge in [-0.15, -0.1) is 11.8 Å². The summed E-state index contributed by atoms with van der Waals surface area (Å²) in [5.41, 5.74) is 7.24. The zero-order valence-electron chi connectivity index (χ0n) is 11.3. The molecule has 0 radical (unpaired) electrons. The number of benzene rings is 1. The topological polar surface area (TPSA) is 89.1 Å². The first-order chi connectivity index (χ1) is 9.49. The lowest BCUT2D eigenvalue weighted by molar-refractivity contribution is 0.0696. The first-order valence-electron chi connectivity index (χ1n) is 6.03. The summed E-state index contributed by atoms with van der Waals surface area (Å²) < 4.78 is 0. The molecule has 5 nitrogen and oxygen atoms in total. The molecular weight excluding hydrogens is 274 g/mol. The van der Waals surface area contributed by atoms with Gasteiger partial charge in [-0.3, -0.25) is 0 Å². The van der Waals surface area contributed by atoms with Crippen molar-refractivity contribution in [2.45, 2.75) is 24.5 Å². The molecule has 0 unspecified atom stereocenters. The Bertz CT molecular complexity index is 636. The molecule has 2 aromatic rings. The molecule has 6 heteroatoms. The molecule has 2 rings (SSSR count). The summed E-state index contributed by atoms with van der Waals surface area (Å²) >= 11 is 1.60. The van der Waals surface area contributed by atoms with Crippen LogP contribution < -0.4 is 5.73 Å². The Hall–Kier alpha value is -2.08. The molecule has 0 aliphatic carbocycles. The summed E-state index contributed by atoms with van der Waals surface area (Å²) in [6, 6.07) is 8.03. The Morgan fingerprint density at radius 3 is 2.60 bits per heavy atom. The lowest BCUT2D eigenvalue weighted by Crippen LogP contribution is -2.11. The maximum atomic E-state index is 11.0. The molecule has 1 heterocycles. The second kappa shape index (κ2) is 5.92. The van der Waals surface area contributed by atoms with E-state index in [-0.39, 0.29) is 11.4 Å². The lowest BCUT2D eigenvalue weighted by Gasteiger charge is -2.08. The van der Waals surface area contributed by atoms with Crippen LogP contribution in [0.25, 0.3) is 0 Å². The van der Waals surface area contributed by atoms with E-state index in [4.69, 9.17) is 10.8 Å². The Balaban J connectivity index is 2.19. The second-order valence-corrected chi connectivity index (χ2v) is 5.36. The summed E-state index contributed by atoms with van der Waals surface area (Å²) in [5, 5.41) is 9.02. The van der Waals surface area contributed by atoms with Crippen molar-refractivity contribution in [1.82, 2.24) is 9.97 Å². The fourth-order valence-corrected chi connectivity index (χ4v) is 2.73. The molecule has 1 aromatic carbocycles. The molecule has 0 amide bonds. The van der Waals surface area contributed by atoms with Crippen molar-refractivity contribution in [3.8, 4) is 0 Å². The van der Waals surface area contributed by atoms with Crippen molar-refractivity contribution in [2.75, 3.05) is 5.73 Å². The van der Waals surface area contributed by atoms with Crippen LogP contribution in [-0.4, -0.2) is 21.0 Å². The van der Waals surface area contributed by atoms with E-state index in [9.17, 15) is 4.79 Å². The smallest absolute Gasteiger partial charge is 0.341 e. The predicted octanol–water partition coefficient (Wildman–Crippen LogP) is 2.67. The molecule has 3 N–H and O–H groups in total. The number of rotatable bonds is 4. The zero-order chi connectivity index (χ0) is 14.7. The Morgan fingerprint density at radius 1 is 1.30 bits per heavy atom. The number of hydrogen-bond donors (Lipinski definition) is 2. The standard InChI is InChI=1S/C14H15N3O2S/c1-8-5-3-4-6-10(8)20-7-11-16-9(2)12(14(18)19)13(15)17-11/h3-6H,7H2,1-2H3,(H,18,19)(H2,15,16,17). The average molecular weight is 289 g/mol. The highest BCUT2D eigenvalue weighted by molar-refractivity contribution is 7.98. The van der Waals surface area contributed by atoms with Crippen molar-refractivity contribution in [3.05, 3.63) is 46.9 Å². The van der Waals surface area contributed by atoms with E-state index in [0.717, 1.165) is 4.90 Å². The van der Waals surface area contributed by atoms with Gasteiger partial charge < -0.3 is 10.8 Å². The normalized spacial score (nSPS) is 10.5. The Labute approximate surface area is 121 Å². The van der Waals surface area contributed by atoms with Gasteiger partial charge in [-0.2, -0.15) is 0 Å². The van der Waals surface area contributed by atoms with Crippen LogP contribution in [0.5, 0.6) is 0 Å². The number of aryl methyl sites for hydroxylation is 2.